The lowest BCUT2D eigenvalue weighted by Gasteiger charge is -2.24. The molecule has 0 bridgehead atoms. The summed E-state index contributed by atoms with van der Waals surface area (Å²) >= 11 is 0. The number of hydrogen-bond acceptors (Lipinski definition) is 10. The highest BCUT2D eigenvalue weighted by Gasteiger charge is 2.51. The van der Waals surface area contributed by atoms with E-state index in [0.717, 1.165) is 17.2 Å². The molecule has 12 nitrogen and oxygen atoms in total. The van der Waals surface area contributed by atoms with Gasteiger partial charge < -0.3 is 24.6 Å². The van der Waals surface area contributed by atoms with Gasteiger partial charge in [0.2, 0.25) is 0 Å². The first-order valence-corrected chi connectivity index (χ1v) is 13.0. The molecule has 2 N–H and O–H groups in total. The van der Waals surface area contributed by atoms with Crippen molar-refractivity contribution in [2.75, 3.05) is 11.9 Å². The molecular formula is C31H25N5O7. The van der Waals surface area contributed by atoms with Gasteiger partial charge in [-0.1, -0.05) is 54.6 Å². The van der Waals surface area contributed by atoms with Gasteiger partial charge >= 0.3 is 11.9 Å². The molecule has 3 heterocycles. The lowest BCUT2D eigenvalue weighted by atomic mass is 10.1. The van der Waals surface area contributed by atoms with Crippen molar-refractivity contribution in [3.63, 3.8) is 0 Å². The van der Waals surface area contributed by atoms with Crippen molar-refractivity contribution < 1.29 is 37.8 Å². The second kappa shape index (κ2) is 12.2. The van der Waals surface area contributed by atoms with Crippen LogP contribution in [0.15, 0.2) is 104 Å². The third-order valence-electron chi connectivity index (χ3n) is 6.37. The molecule has 1 amide bonds. The van der Waals surface area contributed by atoms with E-state index in [9.17, 15) is 23.6 Å². The van der Waals surface area contributed by atoms with E-state index in [2.05, 4.69) is 20.3 Å². The van der Waals surface area contributed by atoms with E-state index in [1.165, 1.54) is 36.4 Å². The van der Waals surface area contributed by atoms with Gasteiger partial charge in [-0.3, -0.25) is 9.36 Å². The average Bonchev–Trinajstić information content (AvgIpc) is 3.59. The van der Waals surface area contributed by atoms with Crippen LogP contribution in [0.4, 0.5) is 5.82 Å². The minimum absolute atomic E-state index is 0.00958. The van der Waals surface area contributed by atoms with Crippen LogP contribution in [-0.4, -0.2) is 67.3 Å². The summed E-state index contributed by atoms with van der Waals surface area (Å²) in [7, 11) is 0. The molecule has 0 spiro atoms. The maximum Gasteiger partial charge on any atom is 0.338 e. The smallest absolute Gasteiger partial charge is 0.338 e. The first-order chi connectivity index (χ1) is 22.1. The summed E-state index contributed by atoms with van der Waals surface area (Å²) in [4.78, 5) is 52.0. The van der Waals surface area contributed by atoms with Crippen molar-refractivity contribution >= 4 is 34.8 Å². The molecule has 43 heavy (non-hydrogen) atoms. The van der Waals surface area contributed by atoms with E-state index in [-0.39, 0.29) is 28.1 Å². The highest BCUT2D eigenvalue weighted by molar-refractivity contribution is 6.06. The number of ether oxygens (including phenoxy) is 3. The molecule has 0 unspecified atom stereocenters. The van der Waals surface area contributed by atoms with Crippen LogP contribution in [0.25, 0.3) is 11.2 Å². The van der Waals surface area contributed by atoms with Crippen molar-refractivity contribution in [3.05, 3.63) is 120 Å². The molecule has 0 aliphatic carbocycles. The molecule has 1 saturated heterocycles. The Morgan fingerprint density at radius 2 is 1.37 bits per heavy atom. The molecule has 5 aromatic rings. The highest BCUT2D eigenvalue weighted by Crippen LogP contribution is 2.37. The number of aliphatic hydroxyl groups excluding tert-OH is 1. The summed E-state index contributed by atoms with van der Waals surface area (Å²) in [5, 5.41) is 12.9. The van der Waals surface area contributed by atoms with Gasteiger partial charge in [-0.2, -0.15) is 0 Å². The van der Waals surface area contributed by atoms with Gasteiger partial charge in [0.25, 0.3) is 5.91 Å². The number of benzene rings is 3. The number of rotatable bonds is 8. The maximum atomic E-state index is 13.4. The molecule has 2 aromatic heterocycles. The standard InChI is InChI=1S/C31H25N5O7/c37-16-22-24(42-30(39)20-12-6-2-7-13-20)25(43-31(40)21-14-8-3-9-15-21)29(41-22)36-18-34-23-26(32-17-33-27(23)36)35-28(38)19-10-4-1-5-11-19/h1-15,17-18,22,24-25,29,37H,16H2,(H,32,33,35,38)/t22-,24-,25-,29-/m1/s1/i24D,25D,29D. The second-order valence-corrected chi connectivity index (χ2v) is 9.13. The van der Waals surface area contributed by atoms with Crippen molar-refractivity contribution in [2.24, 2.45) is 0 Å². The maximum absolute atomic E-state index is 13.4. The molecule has 0 saturated carbocycles. The first kappa shape index (κ1) is 24.2. The van der Waals surface area contributed by atoms with Gasteiger partial charge in [-0.05, 0) is 36.4 Å². The van der Waals surface area contributed by atoms with Gasteiger partial charge in [0, 0.05) is 5.56 Å². The van der Waals surface area contributed by atoms with Crippen LogP contribution in [0.3, 0.4) is 0 Å². The number of amides is 1. The van der Waals surface area contributed by atoms with Crippen LogP contribution in [0.1, 0.15) is 41.4 Å². The Kier molecular flexibility index (Phi) is 6.85. The van der Waals surface area contributed by atoms with Gasteiger partial charge in [0.15, 0.2) is 35.3 Å². The minimum Gasteiger partial charge on any atom is -0.452 e. The minimum atomic E-state index is -3.23. The number of nitrogens with one attached hydrogen (secondary N) is 1. The lowest BCUT2D eigenvalue weighted by Crippen LogP contribution is -2.40. The average molecular weight is 583 g/mol. The molecule has 3 aromatic carbocycles. The summed E-state index contributed by atoms with van der Waals surface area (Å²) in [6.07, 6.45) is -8.99. The zero-order chi connectivity index (χ0) is 32.5. The third-order valence-corrected chi connectivity index (χ3v) is 6.37. The van der Waals surface area contributed by atoms with Crippen molar-refractivity contribution in [3.8, 4) is 0 Å². The number of nitrogens with zero attached hydrogens (tertiary/aromatic N) is 4. The molecule has 4 atom stereocenters. The predicted octanol–water partition coefficient (Wildman–Crippen LogP) is 3.42. The van der Waals surface area contributed by atoms with E-state index in [0.29, 0.717) is 5.56 Å². The molecular weight excluding hydrogens is 554 g/mol. The molecule has 1 aliphatic heterocycles. The van der Waals surface area contributed by atoms with Crippen LogP contribution < -0.4 is 5.32 Å². The molecule has 12 heteroatoms. The van der Waals surface area contributed by atoms with E-state index < -0.39 is 48.9 Å². The number of carbonyl (C=O) groups is 3. The van der Waals surface area contributed by atoms with E-state index in [1.807, 2.05) is 0 Å². The number of aliphatic hydroxyl groups is 1. The summed E-state index contributed by atoms with van der Waals surface area (Å²) in [6.45, 7) is -1.02. The first-order valence-electron chi connectivity index (χ1n) is 14.5. The molecule has 0 radical (unpaired) electrons. The number of fused-ring (bicyclic) bond motifs is 1. The lowest BCUT2D eigenvalue weighted by molar-refractivity contribution is -0.0566. The van der Waals surface area contributed by atoms with Gasteiger partial charge in [-0.15, -0.1) is 0 Å². The topological polar surface area (TPSA) is 155 Å². The summed E-state index contributed by atoms with van der Waals surface area (Å²) in [5.74, 6) is -2.81. The fraction of sp³-hybridized carbons (Fsp3) is 0.161. The fourth-order valence-electron chi connectivity index (χ4n) is 4.29. The number of imidazole rings is 1. The van der Waals surface area contributed by atoms with Crippen molar-refractivity contribution in [2.45, 2.75) is 24.5 Å². The summed E-state index contributed by atoms with van der Waals surface area (Å²) < 4.78 is 46.0. The number of carbonyl (C=O) groups excluding carboxylic acids is 3. The Morgan fingerprint density at radius 1 is 0.814 bits per heavy atom. The van der Waals surface area contributed by atoms with Gasteiger partial charge in [0.1, 0.15) is 12.4 Å². The number of esters is 2. The van der Waals surface area contributed by atoms with Crippen LogP contribution in [0.5, 0.6) is 0 Å². The number of hydrogen-bond donors (Lipinski definition) is 2. The zero-order valence-electron chi connectivity index (χ0n) is 25.3. The number of anilines is 1. The quantitative estimate of drug-likeness (QED) is 0.260. The Balaban J connectivity index is 1.46. The Morgan fingerprint density at radius 3 is 1.95 bits per heavy atom. The Labute approximate surface area is 249 Å². The fourth-order valence-corrected chi connectivity index (χ4v) is 4.29. The summed E-state index contributed by atoms with van der Waals surface area (Å²) in [5.41, 5.74) is 0.0703. The number of aromatic nitrogens is 4. The van der Waals surface area contributed by atoms with Gasteiger partial charge in [-0.25, -0.2) is 24.5 Å². The molecule has 1 fully saturated rings. The zero-order valence-corrected chi connectivity index (χ0v) is 22.3. The van der Waals surface area contributed by atoms with Crippen molar-refractivity contribution in [1.29, 1.82) is 0 Å². The van der Waals surface area contributed by atoms with Gasteiger partial charge in [0.05, 0.1) is 28.2 Å². The molecule has 6 rings (SSSR count). The summed E-state index contributed by atoms with van der Waals surface area (Å²) in [6, 6.07) is 23.3. The largest absolute Gasteiger partial charge is 0.452 e. The van der Waals surface area contributed by atoms with E-state index in [1.54, 1.807) is 54.6 Å². The van der Waals surface area contributed by atoms with Crippen LogP contribution in [-0.2, 0) is 14.2 Å². The highest BCUT2D eigenvalue weighted by atomic mass is 16.6. The van der Waals surface area contributed by atoms with E-state index in [4.69, 9.17) is 14.2 Å². The van der Waals surface area contributed by atoms with Crippen molar-refractivity contribution in [1.82, 2.24) is 19.5 Å². The third kappa shape index (κ3) is 5.69. The van der Waals surface area contributed by atoms with Crippen LogP contribution >= 0.6 is 0 Å². The Hall–Kier alpha value is -5.46. The molecule has 216 valence electrons. The Bertz CT molecular complexity index is 1920. The predicted molar refractivity (Wildman–Crippen MR) is 152 cm³/mol. The molecule has 1 aliphatic rings. The van der Waals surface area contributed by atoms with Crippen LogP contribution in [0.2, 0.25) is 0 Å². The second-order valence-electron chi connectivity index (χ2n) is 9.13. The monoisotopic (exact) mass is 582 g/mol. The van der Waals surface area contributed by atoms with E-state index >= 15 is 0 Å². The normalized spacial score (nSPS) is 25.7. The van der Waals surface area contributed by atoms with Crippen LogP contribution in [0, 0.1) is 0 Å². The SMILES string of the molecule is [2H][C@]1(OC(=O)c2ccccc2)[C@]([2H])(n2cnc3c(NC(=O)c4ccccc4)ncnc32)O[C@H](CO)[C@@]1([2H])OC(=O)c1ccccc1.